The Hall–Kier alpha value is -0.760. The van der Waals surface area contributed by atoms with Crippen LogP contribution in [0.2, 0.25) is 0 Å². The Balaban J connectivity index is 2.02. The van der Waals surface area contributed by atoms with E-state index in [-0.39, 0.29) is 6.10 Å². The summed E-state index contributed by atoms with van der Waals surface area (Å²) >= 11 is 0. The molecule has 0 unspecified atom stereocenters. The van der Waals surface area contributed by atoms with Gasteiger partial charge in [-0.25, -0.2) is 0 Å². The molecule has 1 fully saturated rings. The fraction of sp³-hybridized carbons (Fsp3) is 0.556. The molecule has 1 heterocycles. The molecule has 0 bridgehead atoms. The molecule has 2 rings (SSSR count). The minimum Gasteiger partial charge on any atom is -0.469 e. The minimum atomic E-state index is -0.190. The average Bonchev–Trinajstić information content (AvgIpc) is 2.60. The number of hydrogen-bond donors (Lipinski definition) is 1. The second-order valence-corrected chi connectivity index (χ2v) is 3.26. The van der Waals surface area contributed by atoms with Crippen molar-refractivity contribution in [3.63, 3.8) is 0 Å². The number of hydrogen-bond acceptors (Lipinski definition) is 2. The van der Waals surface area contributed by atoms with Gasteiger partial charge < -0.3 is 9.52 Å². The lowest BCUT2D eigenvalue weighted by molar-refractivity contribution is 0.167. The van der Waals surface area contributed by atoms with Crippen molar-refractivity contribution in [1.82, 2.24) is 0 Å². The van der Waals surface area contributed by atoms with Crippen LogP contribution in [0, 0.1) is 5.92 Å². The third kappa shape index (κ3) is 1.18. The highest BCUT2D eigenvalue weighted by atomic mass is 16.3. The number of aliphatic hydroxyl groups excluding tert-OH is 1. The maximum Gasteiger partial charge on any atom is 0.107 e. The molecule has 1 aliphatic rings. The molecule has 1 N–H and O–H groups in total. The van der Waals surface area contributed by atoms with E-state index in [1.807, 2.05) is 19.1 Å². The molecule has 0 amide bonds. The normalized spacial score (nSPS) is 31.8. The Morgan fingerprint density at radius 1 is 1.73 bits per heavy atom. The maximum absolute atomic E-state index is 9.22. The summed E-state index contributed by atoms with van der Waals surface area (Å²) in [5.74, 6) is 1.93. The third-order valence-corrected chi connectivity index (χ3v) is 2.37. The summed E-state index contributed by atoms with van der Waals surface area (Å²) in [5, 5.41) is 9.22. The monoisotopic (exact) mass is 152 g/mol. The van der Waals surface area contributed by atoms with Crippen LogP contribution in [0.1, 0.15) is 25.0 Å². The molecule has 1 aromatic heterocycles. The zero-order chi connectivity index (χ0) is 7.84. The van der Waals surface area contributed by atoms with E-state index in [0.717, 1.165) is 12.2 Å². The van der Waals surface area contributed by atoms with Gasteiger partial charge in [0.15, 0.2) is 0 Å². The summed E-state index contributed by atoms with van der Waals surface area (Å²) in [6.45, 7) is 1.84. The quantitative estimate of drug-likeness (QED) is 0.700. The third-order valence-electron chi connectivity index (χ3n) is 2.37. The van der Waals surface area contributed by atoms with Crippen LogP contribution in [0.4, 0.5) is 0 Å². The van der Waals surface area contributed by atoms with Crippen LogP contribution in [0.25, 0.3) is 0 Å². The Morgan fingerprint density at radius 2 is 2.55 bits per heavy atom. The van der Waals surface area contributed by atoms with Gasteiger partial charge in [-0.05, 0) is 31.4 Å². The molecule has 60 valence electrons. The van der Waals surface area contributed by atoms with E-state index >= 15 is 0 Å². The van der Waals surface area contributed by atoms with Crippen molar-refractivity contribution in [3.05, 3.63) is 24.2 Å². The van der Waals surface area contributed by atoms with Crippen molar-refractivity contribution >= 4 is 0 Å². The van der Waals surface area contributed by atoms with E-state index < -0.39 is 0 Å². The van der Waals surface area contributed by atoms with Gasteiger partial charge in [-0.2, -0.15) is 0 Å². The van der Waals surface area contributed by atoms with E-state index in [2.05, 4.69) is 0 Å². The molecule has 0 spiro atoms. The second kappa shape index (κ2) is 2.38. The van der Waals surface area contributed by atoms with Crippen molar-refractivity contribution in [1.29, 1.82) is 0 Å². The average molecular weight is 152 g/mol. The zero-order valence-corrected chi connectivity index (χ0v) is 6.53. The van der Waals surface area contributed by atoms with Crippen LogP contribution in [0.15, 0.2) is 22.8 Å². The first-order valence-corrected chi connectivity index (χ1v) is 4.00. The molecular formula is C9H12O2. The number of rotatable bonds is 2. The van der Waals surface area contributed by atoms with Crippen molar-refractivity contribution in [3.8, 4) is 0 Å². The molecule has 1 aromatic rings. The Kier molecular flexibility index (Phi) is 1.50. The van der Waals surface area contributed by atoms with E-state index in [9.17, 15) is 5.11 Å². The molecule has 2 heteroatoms. The van der Waals surface area contributed by atoms with E-state index in [4.69, 9.17) is 4.42 Å². The lowest BCUT2D eigenvalue weighted by atomic mass is 10.2. The van der Waals surface area contributed by atoms with E-state index in [0.29, 0.717) is 11.8 Å². The van der Waals surface area contributed by atoms with Gasteiger partial charge in [0.2, 0.25) is 0 Å². The topological polar surface area (TPSA) is 33.4 Å². The Labute approximate surface area is 65.8 Å². The van der Waals surface area contributed by atoms with Crippen LogP contribution < -0.4 is 0 Å². The van der Waals surface area contributed by atoms with Gasteiger partial charge >= 0.3 is 0 Å². The predicted molar refractivity (Wildman–Crippen MR) is 41.2 cm³/mol. The maximum atomic E-state index is 9.22. The Bertz CT molecular complexity index is 226. The van der Waals surface area contributed by atoms with Gasteiger partial charge in [0.05, 0.1) is 12.4 Å². The van der Waals surface area contributed by atoms with Crippen molar-refractivity contribution in [2.45, 2.75) is 25.4 Å². The van der Waals surface area contributed by atoms with Crippen LogP contribution in [0.5, 0.6) is 0 Å². The van der Waals surface area contributed by atoms with Crippen LogP contribution in [-0.4, -0.2) is 11.2 Å². The lowest BCUT2D eigenvalue weighted by Gasteiger charge is -1.99. The first-order chi connectivity index (χ1) is 5.29. The molecule has 0 radical (unpaired) electrons. The highest BCUT2D eigenvalue weighted by molar-refractivity contribution is 5.15. The van der Waals surface area contributed by atoms with Gasteiger partial charge in [0.25, 0.3) is 0 Å². The molecule has 0 aromatic carbocycles. The van der Waals surface area contributed by atoms with E-state index in [1.54, 1.807) is 6.26 Å². The standard InChI is InChI=1S/C9H12O2/c1-6(10)7-5-8(7)9-3-2-4-11-9/h2-4,6-8,10H,5H2,1H3/t6-,7+,8+/m1/s1. The molecule has 1 aliphatic carbocycles. The van der Waals surface area contributed by atoms with Crippen LogP contribution in [0.3, 0.4) is 0 Å². The summed E-state index contributed by atoms with van der Waals surface area (Å²) in [6.07, 6.45) is 2.57. The second-order valence-electron chi connectivity index (χ2n) is 3.26. The van der Waals surface area contributed by atoms with E-state index in [1.165, 1.54) is 0 Å². The van der Waals surface area contributed by atoms with Crippen molar-refractivity contribution < 1.29 is 9.52 Å². The Morgan fingerprint density at radius 3 is 3.00 bits per heavy atom. The van der Waals surface area contributed by atoms with Gasteiger partial charge in [-0.1, -0.05) is 0 Å². The summed E-state index contributed by atoms with van der Waals surface area (Å²) in [4.78, 5) is 0. The molecule has 2 nitrogen and oxygen atoms in total. The first-order valence-electron chi connectivity index (χ1n) is 4.00. The largest absolute Gasteiger partial charge is 0.469 e. The number of furan rings is 1. The minimum absolute atomic E-state index is 0.190. The first kappa shape index (κ1) is 6.92. The summed E-state index contributed by atoms with van der Waals surface area (Å²) in [6, 6.07) is 3.87. The predicted octanol–water partition coefficient (Wildman–Crippen LogP) is 1.76. The summed E-state index contributed by atoms with van der Waals surface area (Å²) in [5.41, 5.74) is 0. The van der Waals surface area contributed by atoms with Crippen molar-refractivity contribution in [2.75, 3.05) is 0 Å². The molecule has 11 heavy (non-hydrogen) atoms. The SMILES string of the molecule is C[C@@H](O)[C@@H]1C[C@@H]1c1ccco1. The molecule has 1 saturated carbocycles. The molecular weight excluding hydrogens is 140 g/mol. The molecule has 3 atom stereocenters. The summed E-state index contributed by atoms with van der Waals surface area (Å²) in [7, 11) is 0. The van der Waals surface area contributed by atoms with Crippen molar-refractivity contribution in [2.24, 2.45) is 5.92 Å². The van der Waals surface area contributed by atoms with Gasteiger partial charge in [0.1, 0.15) is 5.76 Å². The van der Waals surface area contributed by atoms with Crippen LogP contribution >= 0.6 is 0 Å². The van der Waals surface area contributed by atoms with Gasteiger partial charge in [-0.15, -0.1) is 0 Å². The zero-order valence-electron chi connectivity index (χ0n) is 6.53. The fourth-order valence-corrected chi connectivity index (χ4v) is 1.58. The molecule has 0 aliphatic heterocycles. The van der Waals surface area contributed by atoms with Gasteiger partial charge in [0, 0.05) is 5.92 Å². The summed E-state index contributed by atoms with van der Waals surface area (Å²) < 4.78 is 5.23. The smallest absolute Gasteiger partial charge is 0.107 e. The molecule has 0 saturated heterocycles. The van der Waals surface area contributed by atoms with Gasteiger partial charge in [-0.3, -0.25) is 0 Å². The number of aliphatic hydroxyl groups is 1. The highest BCUT2D eigenvalue weighted by Gasteiger charge is 2.43. The van der Waals surface area contributed by atoms with Crippen LogP contribution in [-0.2, 0) is 0 Å². The highest BCUT2D eigenvalue weighted by Crippen LogP contribution is 2.49. The lowest BCUT2D eigenvalue weighted by Crippen LogP contribution is -2.02. The fourth-order valence-electron chi connectivity index (χ4n) is 1.58.